The lowest BCUT2D eigenvalue weighted by Crippen LogP contribution is -2.15. The first-order valence-electron chi connectivity index (χ1n) is 4.42. The number of aliphatic hydroxyl groups excluding tert-OH is 1. The summed E-state index contributed by atoms with van der Waals surface area (Å²) >= 11 is 0. The van der Waals surface area contributed by atoms with Gasteiger partial charge in [0, 0.05) is 0 Å². The molecule has 1 aromatic rings. The number of aryl methyl sites for hydroxylation is 2. The van der Waals surface area contributed by atoms with Crippen LogP contribution in [-0.4, -0.2) is 17.8 Å². The highest BCUT2D eigenvalue weighted by molar-refractivity contribution is 5.39. The number of hydrogen-bond donors (Lipinski definition) is 1. The third-order valence-electron chi connectivity index (χ3n) is 1.94. The lowest BCUT2D eigenvalue weighted by atomic mass is 10.1. The van der Waals surface area contributed by atoms with Gasteiger partial charge in [-0.3, -0.25) is 0 Å². The van der Waals surface area contributed by atoms with Gasteiger partial charge >= 0.3 is 0 Å². The van der Waals surface area contributed by atoms with Gasteiger partial charge in [-0.15, -0.1) is 0 Å². The van der Waals surface area contributed by atoms with E-state index in [4.69, 9.17) is 15.1 Å². The summed E-state index contributed by atoms with van der Waals surface area (Å²) in [6, 6.07) is 7.51. The molecule has 0 heterocycles. The predicted molar refractivity (Wildman–Crippen MR) is 53.0 cm³/mol. The molecule has 3 nitrogen and oxygen atoms in total. The third-order valence-corrected chi connectivity index (χ3v) is 1.94. The molecule has 1 unspecified atom stereocenters. The first-order chi connectivity index (χ1) is 6.65. The van der Waals surface area contributed by atoms with Crippen LogP contribution in [0, 0.1) is 25.2 Å². The van der Waals surface area contributed by atoms with Crippen molar-refractivity contribution in [3.63, 3.8) is 0 Å². The van der Waals surface area contributed by atoms with Gasteiger partial charge in [0.1, 0.15) is 12.4 Å². The van der Waals surface area contributed by atoms with Crippen molar-refractivity contribution in [1.29, 1.82) is 5.26 Å². The Hall–Kier alpha value is -1.53. The van der Waals surface area contributed by atoms with Crippen molar-refractivity contribution < 1.29 is 9.84 Å². The van der Waals surface area contributed by atoms with Crippen LogP contribution in [-0.2, 0) is 0 Å². The van der Waals surface area contributed by atoms with Crippen molar-refractivity contribution in [2.75, 3.05) is 6.61 Å². The van der Waals surface area contributed by atoms with E-state index in [1.165, 1.54) is 0 Å². The second-order valence-electron chi connectivity index (χ2n) is 3.18. The van der Waals surface area contributed by atoms with Crippen molar-refractivity contribution >= 4 is 0 Å². The number of para-hydroxylation sites is 1. The topological polar surface area (TPSA) is 53.2 Å². The summed E-state index contributed by atoms with van der Waals surface area (Å²) in [7, 11) is 0. The van der Waals surface area contributed by atoms with Crippen LogP contribution in [0.25, 0.3) is 0 Å². The maximum Gasteiger partial charge on any atom is 0.174 e. The largest absolute Gasteiger partial charge is 0.489 e. The highest BCUT2D eigenvalue weighted by Crippen LogP contribution is 2.22. The summed E-state index contributed by atoms with van der Waals surface area (Å²) in [5.41, 5.74) is 2.02. The van der Waals surface area contributed by atoms with Gasteiger partial charge < -0.3 is 9.84 Å². The summed E-state index contributed by atoms with van der Waals surface area (Å²) in [5.74, 6) is 0.752. The summed E-state index contributed by atoms with van der Waals surface area (Å²) in [6.45, 7) is 3.88. The molecule has 3 heteroatoms. The third kappa shape index (κ3) is 2.48. The standard InChI is InChI=1S/C11H13NO2/c1-8-4-3-5-9(2)11(8)14-7-10(13)6-12/h3-5,10,13H,7H2,1-2H3. The van der Waals surface area contributed by atoms with E-state index in [-0.39, 0.29) is 6.61 Å². The molecule has 0 aliphatic rings. The van der Waals surface area contributed by atoms with Gasteiger partial charge in [0.25, 0.3) is 0 Å². The first kappa shape index (κ1) is 10.6. The minimum atomic E-state index is -1.06. The Morgan fingerprint density at radius 3 is 2.50 bits per heavy atom. The van der Waals surface area contributed by atoms with Crippen LogP contribution in [0.4, 0.5) is 0 Å². The van der Waals surface area contributed by atoms with Gasteiger partial charge in [0.2, 0.25) is 0 Å². The minimum absolute atomic E-state index is 0.0161. The molecule has 0 spiro atoms. The molecule has 0 aliphatic heterocycles. The number of ether oxygens (including phenoxy) is 1. The van der Waals surface area contributed by atoms with E-state index in [1.54, 1.807) is 6.07 Å². The molecular formula is C11H13NO2. The second-order valence-corrected chi connectivity index (χ2v) is 3.18. The fraction of sp³-hybridized carbons (Fsp3) is 0.364. The number of hydrogen-bond acceptors (Lipinski definition) is 3. The van der Waals surface area contributed by atoms with E-state index in [1.807, 2.05) is 32.0 Å². The molecule has 0 radical (unpaired) electrons. The molecule has 1 N–H and O–H groups in total. The smallest absolute Gasteiger partial charge is 0.174 e. The Morgan fingerprint density at radius 1 is 1.43 bits per heavy atom. The fourth-order valence-electron chi connectivity index (χ4n) is 1.23. The van der Waals surface area contributed by atoms with Crippen LogP contribution in [0.2, 0.25) is 0 Å². The summed E-state index contributed by atoms with van der Waals surface area (Å²) in [5, 5.41) is 17.4. The van der Waals surface area contributed by atoms with Crippen molar-refractivity contribution in [2.45, 2.75) is 20.0 Å². The highest BCUT2D eigenvalue weighted by Gasteiger charge is 2.06. The maximum atomic E-state index is 9.01. The maximum absolute atomic E-state index is 9.01. The van der Waals surface area contributed by atoms with Gasteiger partial charge in [-0.1, -0.05) is 18.2 Å². The molecule has 0 amide bonds. The summed E-state index contributed by atoms with van der Waals surface area (Å²) in [4.78, 5) is 0. The predicted octanol–water partition coefficient (Wildman–Crippen LogP) is 1.57. The van der Waals surface area contributed by atoms with Gasteiger partial charge in [-0.25, -0.2) is 0 Å². The van der Waals surface area contributed by atoms with Gasteiger partial charge in [0.05, 0.1) is 6.07 Å². The van der Waals surface area contributed by atoms with E-state index in [0.717, 1.165) is 16.9 Å². The summed E-state index contributed by atoms with van der Waals surface area (Å²) < 4.78 is 5.35. The van der Waals surface area contributed by atoms with Crippen LogP contribution < -0.4 is 4.74 Å². The van der Waals surface area contributed by atoms with Crippen molar-refractivity contribution in [3.05, 3.63) is 29.3 Å². The number of aliphatic hydroxyl groups is 1. The van der Waals surface area contributed by atoms with E-state index in [9.17, 15) is 0 Å². The normalized spacial score (nSPS) is 11.9. The van der Waals surface area contributed by atoms with Crippen LogP contribution >= 0.6 is 0 Å². The Bertz CT molecular complexity index is 335. The molecule has 1 aromatic carbocycles. The average molecular weight is 191 g/mol. The Labute approximate surface area is 83.6 Å². The second kappa shape index (κ2) is 4.64. The monoisotopic (exact) mass is 191 g/mol. The van der Waals surface area contributed by atoms with E-state index < -0.39 is 6.10 Å². The molecule has 14 heavy (non-hydrogen) atoms. The molecule has 0 saturated heterocycles. The highest BCUT2D eigenvalue weighted by atomic mass is 16.5. The Balaban J connectivity index is 2.72. The van der Waals surface area contributed by atoms with Crippen LogP contribution in [0.5, 0.6) is 5.75 Å². The Kier molecular flexibility index (Phi) is 3.49. The van der Waals surface area contributed by atoms with E-state index in [2.05, 4.69) is 0 Å². The zero-order chi connectivity index (χ0) is 10.6. The molecular weight excluding hydrogens is 178 g/mol. The van der Waals surface area contributed by atoms with Gasteiger partial charge in [-0.05, 0) is 25.0 Å². The van der Waals surface area contributed by atoms with E-state index >= 15 is 0 Å². The number of benzene rings is 1. The molecule has 0 fully saturated rings. The van der Waals surface area contributed by atoms with Crippen molar-refractivity contribution in [2.24, 2.45) is 0 Å². The summed E-state index contributed by atoms with van der Waals surface area (Å²) in [6.07, 6.45) is -1.06. The zero-order valence-electron chi connectivity index (χ0n) is 8.32. The molecule has 1 atom stereocenters. The molecule has 1 rings (SSSR count). The fourth-order valence-corrected chi connectivity index (χ4v) is 1.23. The number of nitrogens with zero attached hydrogens (tertiary/aromatic N) is 1. The van der Waals surface area contributed by atoms with Gasteiger partial charge in [-0.2, -0.15) is 5.26 Å². The quantitative estimate of drug-likeness (QED) is 0.738. The molecule has 74 valence electrons. The molecule has 0 bridgehead atoms. The van der Waals surface area contributed by atoms with E-state index in [0.29, 0.717) is 0 Å². The Morgan fingerprint density at radius 2 is 2.00 bits per heavy atom. The first-order valence-corrected chi connectivity index (χ1v) is 4.42. The average Bonchev–Trinajstić information content (AvgIpc) is 2.16. The van der Waals surface area contributed by atoms with Crippen LogP contribution in [0.3, 0.4) is 0 Å². The SMILES string of the molecule is Cc1cccc(C)c1OCC(O)C#N. The number of rotatable bonds is 3. The van der Waals surface area contributed by atoms with Crippen LogP contribution in [0.15, 0.2) is 18.2 Å². The molecule has 0 aromatic heterocycles. The molecule has 0 saturated carbocycles. The number of nitriles is 1. The minimum Gasteiger partial charge on any atom is -0.489 e. The van der Waals surface area contributed by atoms with Crippen molar-refractivity contribution in [1.82, 2.24) is 0 Å². The zero-order valence-corrected chi connectivity index (χ0v) is 8.32. The lowest BCUT2D eigenvalue weighted by Gasteiger charge is -2.11. The lowest BCUT2D eigenvalue weighted by molar-refractivity contribution is 0.149. The molecule has 0 aliphatic carbocycles. The van der Waals surface area contributed by atoms with Crippen LogP contribution in [0.1, 0.15) is 11.1 Å². The van der Waals surface area contributed by atoms with Crippen molar-refractivity contribution in [3.8, 4) is 11.8 Å². The van der Waals surface area contributed by atoms with Gasteiger partial charge in [0.15, 0.2) is 6.10 Å².